The quantitative estimate of drug-likeness (QED) is 0.881. The molecule has 1 heterocycles. The number of hydrogen-bond donors (Lipinski definition) is 1. The van der Waals surface area contributed by atoms with E-state index in [0.717, 1.165) is 6.26 Å². The Hall–Kier alpha value is -1.89. The lowest BCUT2D eigenvalue weighted by molar-refractivity contribution is 0.0698. The van der Waals surface area contributed by atoms with E-state index < -0.39 is 15.8 Å². The van der Waals surface area contributed by atoms with Gasteiger partial charge >= 0.3 is 5.97 Å². The number of carboxylic acids is 1. The molecule has 0 aliphatic carbocycles. The largest absolute Gasteiger partial charge is 0.478 e. The van der Waals surface area contributed by atoms with E-state index in [2.05, 4.69) is 4.98 Å². The fourth-order valence-corrected chi connectivity index (χ4v) is 2.02. The normalized spacial score (nSPS) is 11.8. The van der Waals surface area contributed by atoms with Gasteiger partial charge in [-0.25, -0.2) is 18.2 Å². The molecule has 0 fully saturated rings. The second-order valence-corrected chi connectivity index (χ2v) is 5.78. The van der Waals surface area contributed by atoms with Crippen molar-refractivity contribution in [3.63, 3.8) is 0 Å². The number of hydrogen-bond acceptors (Lipinski definition) is 5. The van der Waals surface area contributed by atoms with Crippen molar-refractivity contribution in [2.75, 3.05) is 6.26 Å². The first-order valence-corrected chi connectivity index (χ1v) is 6.72. The van der Waals surface area contributed by atoms with Gasteiger partial charge in [0.25, 0.3) is 0 Å². The monoisotopic (exact) mass is 255 g/mol. The number of aromatic carboxylic acids is 1. The minimum Gasteiger partial charge on any atom is -0.478 e. The van der Waals surface area contributed by atoms with Crippen LogP contribution >= 0.6 is 0 Å². The fraction of sp³-hybridized carbons (Fsp3) is 0.200. The molecule has 1 aromatic heterocycles. The molecule has 7 heteroatoms. The van der Waals surface area contributed by atoms with Gasteiger partial charge in [0.2, 0.25) is 5.89 Å². The van der Waals surface area contributed by atoms with Gasteiger partial charge in [0.1, 0.15) is 16.8 Å². The molecule has 2 rings (SSSR count). The summed E-state index contributed by atoms with van der Waals surface area (Å²) in [5, 5.41) is 8.92. The van der Waals surface area contributed by atoms with Crippen molar-refractivity contribution < 1.29 is 22.7 Å². The number of rotatable bonds is 3. The van der Waals surface area contributed by atoms with E-state index in [4.69, 9.17) is 9.52 Å². The summed E-state index contributed by atoms with van der Waals surface area (Å²) in [6.07, 6.45) is 1.06. The molecule has 90 valence electrons. The van der Waals surface area contributed by atoms with Crippen LogP contribution in [-0.2, 0) is 15.6 Å². The van der Waals surface area contributed by atoms with E-state index in [1.165, 1.54) is 12.1 Å². The molecule has 0 spiro atoms. The highest BCUT2D eigenvalue weighted by atomic mass is 32.2. The van der Waals surface area contributed by atoms with Gasteiger partial charge in [-0.15, -0.1) is 0 Å². The van der Waals surface area contributed by atoms with Crippen LogP contribution in [0.2, 0.25) is 0 Å². The van der Waals surface area contributed by atoms with Gasteiger partial charge in [-0.05, 0) is 12.1 Å². The molecule has 1 aromatic carbocycles. The summed E-state index contributed by atoms with van der Waals surface area (Å²) in [5.74, 6) is -1.49. The van der Waals surface area contributed by atoms with E-state index in [1.54, 1.807) is 6.07 Å². The lowest BCUT2D eigenvalue weighted by atomic mass is 10.2. The molecule has 0 bridgehead atoms. The molecule has 0 radical (unpaired) electrons. The topological polar surface area (TPSA) is 97.5 Å². The zero-order chi connectivity index (χ0) is 12.6. The van der Waals surface area contributed by atoms with Crippen molar-refractivity contribution in [1.29, 1.82) is 0 Å². The third-order valence-corrected chi connectivity index (χ3v) is 2.85. The summed E-state index contributed by atoms with van der Waals surface area (Å²) in [6.45, 7) is 0. The second-order valence-electron chi connectivity index (χ2n) is 3.64. The van der Waals surface area contributed by atoms with Gasteiger partial charge in [-0.1, -0.05) is 6.07 Å². The van der Waals surface area contributed by atoms with Crippen LogP contribution in [0, 0.1) is 0 Å². The maximum absolute atomic E-state index is 11.1. The van der Waals surface area contributed by atoms with Crippen molar-refractivity contribution in [2.45, 2.75) is 5.75 Å². The molecule has 17 heavy (non-hydrogen) atoms. The van der Waals surface area contributed by atoms with Gasteiger partial charge in [-0.3, -0.25) is 0 Å². The summed E-state index contributed by atoms with van der Waals surface area (Å²) >= 11 is 0. The molecule has 0 amide bonds. The first kappa shape index (κ1) is 11.6. The van der Waals surface area contributed by atoms with Crippen LogP contribution in [0.1, 0.15) is 16.2 Å². The summed E-state index contributed by atoms with van der Waals surface area (Å²) in [4.78, 5) is 14.8. The van der Waals surface area contributed by atoms with E-state index in [9.17, 15) is 13.2 Å². The van der Waals surface area contributed by atoms with Crippen LogP contribution in [0.5, 0.6) is 0 Å². The first-order chi connectivity index (χ1) is 7.87. The van der Waals surface area contributed by atoms with Crippen LogP contribution in [-0.4, -0.2) is 30.7 Å². The van der Waals surface area contributed by atoms with Gasteiger partial charge in [0.15, 0.2) is 15.4 Å². The number of fused-ring (bicyclic) bond motifs is 1. The maximum Gasteiger partial charge on any atom is 0.339 e. The highest BCUT2D eigenvalue weighted by Crippen LogP contribution is 2.21. The Labute approximate surface area is 96.8 Å². The molecular formula is C10H9NO5S. The molecule has 0 saturated carbocycles. The van der Waals surface area contributed by atoms with Crippen molar-refractivity contribution in [3.8, 4) is 0 Å². The number of oxazole rings is 1. The minimum atomic E-state index is -3.26. The van der Waals surface area contributed by atoms with Gasteiger partial charge in [0, 0.05) is 6.26 Å². The summed E-state index contributed by atoms with van der Waals surface area (Å²) < 4.78 is 27.3. The summed E-state index contributed by atoms with van der Waals surface area (Å²) in [5.41, 5.74) is 0.400. The van der Waals surface area contributed by atoms with Crippen molar-refractivity contribution in [2.24, 2.45) is 0 Å². The van der Waals surface area contributed by atoms with Crippen molar-refractivity contribution in [3.05, 3.63) is 29.7 Å². The highest BCUT2D eigenvalue weighted by Gasteiger charge is 2.16. The number of aromatic nitrogens is 1. The predicted octanol–water partition coefficient (Wildman–Crippen LogP) is 1.07. The SMILES string of the molecule is CS(=O)(=O)Cc1nc2cccc(C(=O)O)c2o1. The Kier molecular flexibility index (Phi) is 2.62. The Balaban J connectivity index is 2.58. The van der Waals surface area contributed by atoms with Crippen molar-refractivity contribution >= 4 is 26.9 Å². The maximum atomic E-state index is 11.1. The zero-order valence-corrected chi connectivity index (χ0v) is 9.69. The predicted molar refractivity (Wildman–Crippen MR) is 59.5 cm³/mol. The second kappa shape index (κ2) is 3.85. The molecule has 0 aliphatic heterocycles. The fourth-order valence-electron chi connectivity index (χ4n) is 1.45. The summed E-state index contributed by atoms with van der Waals surface area (Å²) in [6, 6.07) is 4.47. The minimum absolute atomic E-state index is 0.00352. The Morgan fingerprint density at radius 2 is 2.18 bits per heavy atom. The molecule has 0 aliphatic rings. The standard InChI is InChI=1S/C10H9NO5S/c1-17(14,15)5-8-11-7-4-2-3-6(10(12)13)9(7)16-8/h2-4H,5H2,1H3,(H,12,13). The highest BCUT2D eigenvalue weighted by molar-refractivity contribution is 7.89. The summed E-state index contributed by atoms with van der Waals surface area (Å²) in [7, 11) is -3.26. The van der Waals surface area contributed by atoms with Gasteiger partial charge < -0.3 is 9.52 Å². The molecule has 2 aromatic rings. The Morgan fingerprint density at radius 3 is 2.76 bits per heavy atom. The lowest BCUT2D eigenvalue weighted by Gasteiger charge is -1.93. The van der Waals surface area contributed by atoms with Crippen LogP contribution < -0.4 is 0 Å². The third kappa shape index (κ3) is 2.44. The van der Waals surface area contributed by atoms with Gasteiger partial charge in [0.05, 0.1) is 0 Å². The molecule has 1 N–H and O–H groups in total. The van der Waals surface area contributed by atoms with Crippen molar-refractivity contribution in [1.82, 2.24) is 4.98 Å². The number of para-hydroxylation sites is 1. The lowest BCUT2D eigenvalue weighted by Crippen LogP contribution is -2.00. The molecule has 0 unspecified atom stereocenters. The molecule has 6 nitrogen and oxygen atoms in total. The van der Waals surface area contributed by atoms with E-state index >= 15 is 0 Å². The number of benzene rings is 1. The van der Waals surface area contributed by atoms with E-state index in [1.807, 2.05) is 0 Å². The van der Waals surface area contributed by atoms with Crippen LogP contribution in [0.4, 0.5) is 0 Å². The Morgan fingerprint density at radius 1 is 1.47 bits per heavy atom. The van der Waals surface area contributed by atoms with Crippen LogP contribution in [0.25, 0.3) is 11.1 Å². The van der Waals surface area contributed by atoms with E-state index in [0.29, 0.717) is 5.52 Å². The Bertz CT molecular complexity index is 686. The van der Waals surface area contributed by atoms with Crippen LogP contribution in [0.3, 0.4) is 0 Å². The van der Waals surface area contributed by atoms with E-state index in [-0.39, 0.29) is 22.8 Å². The number of carboxylic acid groups (broad SMARTS) is 1. The third-order valence-electron chi connectivity index (χ3n) is 2.08. The average molecular weight is 255 g/mol. The smallest absolute Gasteiger partial charge is 0.339 e. The first-order valence-electron chi connectivity index (χ1n) is 4.66. The number of nitrogens with zero attached hydrogens (tertiary/aromatic N) is 1. The average Bonchev–Trinajstić information content (AvgIpc) is 2.55. The molecule has 0 atom stereocenters. The molecular weight excluding hydrogens is 246 g/mol. The molecule has 0 saturated heterocycles. The number of carbonyl (C=O) groups is 1. The number of sulfone groups is 1. The van der Waals surface area contributed by atoms with Crippen LogP contribution in [0.15, 0.2) is 22.6 Å². The zero-order valence-electron chi connectivity index (χ0n) is 8.87. The van der Waals surface area contributed by atoms with Gasteiger partial charge in [-0.2, -0.15) is 0 Å².